The van der Waals surface area contributed by atoms with E-state index in [4.69, 9.17) is 10.3 Å². The molecule has 2 rings (SSSR count). The summed E-state index contributed by atoms with van der Waals surface area (Å²) in [5, 5.41) is 3.65. The summed E-state index contributed by atoms with van der Waals surface area (Å²) >= 11 is 0. The van der Waals surface area contributed by atoms with Gasteiger partial charge in [0.05, 0.1) is 0 Å². The van der Waals surface area contributed by atoms with E-state index in [9.17, 15) is 13.2 Å². The van der Waals surface area contributed by atoms with E-state index in [1.807, 2.05) is 0 Å². The smallest absolute Gasteiger partial charge is 0.337 e. The zero-order valence-electron chi connectivity index (χ0n) is 10.3. The van der Waals surface area contributed by atoms with Gasteiger partial charge in [-0.05, 0) is 32.1 Å². The van der Waals surface area contributed by atoms with Crippen molar-refractivity contribution < 1.29 is 17.7 Å². The van der Waals surface area contributed by atoms with Crippen molar-refractivity contribution in [2.75, 3.05) is 0 Å². The third kappa shape index (κ3) is 2.23. The van der Waals surface area contributed by atoms with E-state index in [0.29, 0.717) is 11.7 Å². The summed E-state index contributed by atoms with van der Waals surface area (Å²) in [5.41, 5.74) is 2.64. The molecule has 4 nitrogen and oxygen atoms in total. The van der Waals surface area contributed by atoms with Gasteiger partial charge in [-0.2, -0.15) is 18.2 Å². The first-order valence-corrected chi connectivity index (χ1v) is 5.91. The Labute approximate surface area is 103 Å². The monoisotopic (exact) mass is 263 g/mol. The minimum Gasteiger partial charge on any atom is -0.337 e. The van der Waals surface area contributed by atoms with E-state index in [1.165, 1.54) is 0 Å². The summed E-state index contributed by atoms with van der Waals surface area (Å²) in [4.78, 5) is 3.84. The largest absolute Gasteiger partial charge is 0.415 e. The Morgan fingerprint density at radius 1 is 1.33 bits per heavy atom. The molecule has 1 aliphatic carbocycles. The lowest BCUT2D eigenvalue weighted by Crippen LogP contribution is -2.48. The van der Waals surface area contributed by atoms with Crippen LogP contribution in [0.4, 0.5) is 13.2 Å². The number of rotatable bonds is 2. The van der Waals surface area contributed by atoms with Gasteiger partial charge in [-0.1, -0.05) is 12.1 Å². The fourth-order valence-corrected chi connectivity index (χ4v) is 2.17. The van der Waals surface area contributed by atoms with Gasteiger partial charge in [-0.25, -0.2) is 0 Å². The van der Waals surface area contributed by atoms with Gasteiger partial charge in [0, 0.05) is 5.92 Å². The maximum Gasteiger partial charge on any atom is 0.415 e. The highest BCUT2D eigenvalue weighted by atomic mass is 19.4. The van der Waals surface area contributed by atoms with Crippen LogP contribution in [0.25, 0.3) is 0 Å². The van der Waals surface area contributed by atoms with E-state index in [-0.39, 0.29) is 5.92 Å². The number of alkyl halides is 3. The number of hydrogen-bond donors (Lipinski definition) is 1. The fourth-order valence-electron chi connectivity index (χ4n) is 2.17. The molecule has 0 spiro atoms. The van der Waals surface area contributed by atoms with Crippen LogP contribution < -0.4 is 5.73 Å². The molecule has 1 heterocycles. The van der Waals surface area contributed by atoms with Crippen LogP contribution in [0.5, 0.6) is 0 Å². The number of halogens is 3. The molecule has 102 valence electrons. The highest BCUT2D eigenvalue weighted by molar-refractivity contribution is 5.07. The minimum absolute atomic E-state index is 0.0848. The Kier molecular flexibility index (Phi) is 3.12. The van der Waals surface area contributed by atoms with Crippen molar-refractivity contribution in [3.8, 4) is 0 Å². The number of nitrogens with zero attached hydrogens (tertiary/aromatic N) is 2. The lowest BCUT2D eigenvalue weighted by Gasteiger charge is -2.22. The lowest BCUT2D eigenvalue weighted by molar-refractivity contribution is -0.190. The van der Waals surface area contributed by atoms with Crippen molar-refractivity contribution in [2.24, 2.45) is 11.7 Å². The van der Waals surface area contributed by atoms with Gasteiger partial charge < -0.3 is 10.3 Å². The van der Waals surface area contributed by atoms with Gasteiger partial charge in [0.2, 0.25) is 0 Å². The quantitative estimate of drug-likeness (QED) is 0.891. The van der Waals surface area contributed by atoms with Crippen LogP contribution in [0.15, 0.2) is 4.52 Å². The molecular formula is C11H16F3N3O. The van der Waals surface area contributed by atoms with Crippen molar-refractivity contribution in [3.63, 3.8) is 0 Å². The average molecular weight is 263 g/mol. The third-order valence-corrected chi connectivity index (χ3v) is 3.53. The Balaban J connectivity index is 2.21. The highest BCUT2D eigenvalue weighted by Crippen LogP contribution is 2.39. The van der Waals surface area contributed by atoms with Crippen LogP contribution in [-0.2, 0) is 5.54 Å². The van der Waals surface area contributed by atoms with E-state index in [2.05, 4.69) is 17.1 Å². The molecule has 0 saturated heterocycles. The Bertz CT molecular complexity index is 427. The second-order valence-corrected chi connectivity index (χ2v) is 5.27. The molecule has 2 N–H and O–H groups in total. The van der Waals surface area contributed by atoms with E-state index in [1.54, 1.807) is 0 Å². The first-order valence-electron chi connectivity index (χ1n) is 5.91. The molecule has 0 amide bonds. The molecule has 0 aliphatic heterocycles. The maximum atomic E-state index is 12.7. The van der Waals surface area contributed by atoms with Crippen LogP contribution in [0, 0.1) is 5.92 Å². The minimum atomic E-state index is -4.61. The van der Waals surface area contributed by atoms with Crippen molar-refractivity contribution in [1.29, 1.82) is 0 Å². The zero-order valence-corrected chi connectivity index (χ0v) is 10.3. The molecule has 0 aromatic carbocycles. The predicted molar refractivity (Wildman–Crippen MR) is 57.6 cm³/mol. The number of nitrogens with two attached hydrogens (primary N) is 1. The Morgan fingerprint density at radius 2 is 2.00 bits per heavy atom. The van der Waals surface area contributed by atoms with Crippen LogP contribution >= 0.6 is 0 Å². The molecule has 18 heavy (non-hydrogen) atoms. The highest BCUT2D eigenvalue weighted by Gasteiger charge is 2.53. The van der Waals surface area contributed by atoms with Gasteiger partial charge in [0.1, 0.15) is 0 Å². The normalized spacial score (nSPS) is 28.3. The van der Waals surface area contributed by atoms with E-state index >= 15 is 0 Å². The van der Waals surface area contributed by atoms with Crippen LogP contribution in [0.3, 0.4) is 0 Å². The Hall–Kier alpha value is -1.11. The van der Waals surface area contributed by atoms with Gasteiger partial charge in [-0.15, -0.1) is 0 Å². The van der Waals surface area contributed by atoms with Crippen LogP contribution in [0.2, 0.25) is 0 Å². The van der Waals surface area contributed by atoms with Crippen molar-refractivity contribution >= 4 is 0 Å². The van der Waals surface area contributed by atoms with Gasteiger partial charge in [-0.3, -0.25) is 0 Å². The van der Waals surface area contributed by atoms with Crippen LogP contribution in [-0.4, -0.2) is 16.3 Å². The van der Waals surface area contributed by atoms with E-state index < -0.39 is 17.6 Å². The first-order chi connectivity index (χ1) is 8.22. The number of hydrogen-bond acceptors (Lipinski definition) is 4. The second kappa shape index (κ2) is 4.22. The molecule has 0 radical (unpaired) electrons. The molecule has 1 aromatic heterocycles. The molecule has 3 atom stereocenters. The van der Waals surface area contributed by atoms with Gasteiger partial charge in [0.15, 0.2) is 11.4 Å². The lowest BCUT2D eigenvalue weighted by atomic mass is 10.0. The third-order valence-electron chi connectivity index (χ3n) is 3.53. The molecule has 0 bridgehead atoms. The predicted octanol–water partition coefficient (Wildman–Crippen LogP) is 2.71. The zero-order chi connectivity index (χ0) is 13.6. The average Bonchev–Trinajstić information content (AvgIpc) is 2.83. The molecule has 1 aromatic rings. The molecule has 7 heteroatoms. The topological polar surface area (TPSA) is 64.9 Å². The summed E-state index contributed by atoms with van der Waals surface area (Å²) in [6.45, 7) is 2.94. The summed E-state index contributed by atoms with van der Waals surface area (Å²) in [6, 6.07) is 0. The maximum absolute atomic E-state index is 12.7. The van der Waals surface area contributed by atoms with Crippen molar-refractivity contribution in [1.82, 2.24) is 10.1 Å². The molecule has 1 fully saturated rings. The molecular weight excluding hydrogens is 247 g/mol. The van der Waals surface area contributed by atoms with E-state index in [0.717, 1.165) is 26.2 Å². The summed E-state index contributed by atoms with van der Waals surface area (Å²) in [7, 11) is 0. The van der Waals surface area contributed by atoms with Crippen molar-refractivity contribution in [2.45, 2.75) is 50.7 Å². The first kappa shape index (κ1) is 13.3. The summed E-state index contributed by atoms with van der Waals surface area (Å²) < 4.78 is 42.8. The standard InChI is InChI=1S/C11H16F3N3O/c1-6-3-4-7(5-6)8-16-9(18-17-8)10(2,15)11(12,13)14/h6-7H,3-5,15H2,1-2H3. The Morgan fingerprint density at radius 3 is 2.50 bits per heavy atom. The SMILES string of the molecule is CC1CCC(c2noc(C(C)(N)C(F)(F)F)n2)C1. The van der Waals surface area contributed by atoms with Crippen LogP contribution in [0.1, 0.15) is 50.7 Å². The second-order valence-electron chi connectivity index (χ2n) is 5.27. The van der Waals surface area contributed by atoms with Crippen molar-refractivity contribution in [3.05, 3.63) is 11.7 Å². The fraction of sp³-hybridized carbons (Fsp3) is 0.818. The molecule has 1 aliphatic rings. The van der Waals surface area contributed by atoms with Gasteiger partial charge >= 0.3 is 6.18 Å². The molecule has 1 saturated carbocycles. The van der Waals surface area contributed by atoms with Gasteiger partial charge in [0.25, 0.3) is 5.89 Å². The number of aromatic nitrogens is 2. The summed E-state index contributed by atoms with van der Waals surface area (Å²) in [6.07, 6.45) is -1.81. The summed E-state index contributed by atoms with van der Waals surface area (Å²) in [5.74, 6) is 0.408. The molecule has 3 unspecified atom stereocenters.